The van der Waals surface area contributed by atoms with Crippen LogP contribution < -0.4 is 5.32 Å². The first-order valence-electron chi connectivity index (χ1n) is 12.0. The predicted molar refractivity (Wildman–Crippen MR) is 125 cm³/mol. The van der Waals surface area contributed by atoms with Crippen LogP contribution in [0.3, 0.4) is 0 Å². The van der Waals surface area contributed by atoms with E-state index in [0.29, 0.717) is 6.04 Å². The molecule has 2 fully saturated rings. The molecular formula is C24H37N7. The summed E-state index contributed by atoms with van der Waals surface area (Å²) in [7, 11) is 0. The summed E-state index contributed by atoms with van der Waals surface area (Å²) in [4.78, 5) is 10.2. The number of hydrogen-bond acceptors (Lipinski definition) is 4. The molecular weight excluding hydrogens is 386 g/mol. The van der Waals surface area contributed by atoms with E-state index in [9.17, 15) is 0 Å². The predicted octanol–water partition coefficient (Wildman–Crippen LogP) is 2.79. The van der Waals surface area contributed by atoms with Crippen LogP contribution in [0.15, 0.2) is 41.7 Å². The van der Waals surface area contributed by atoms with E-state index in [4.69, 9.17) is 4.99 Å². The lowest BCUT2D eigenvalue weighted by Gasteiger charge is -2.48. The van der Waals surface area contributed by atoms with Crippen LogP contribution in [0.2, 0.25) is 0 Å². The Hall–Kier alpha value is -2.41. The van der Waals surface area contributed by atoms with E-state index in [1.54, 1.807) is 0 Å². The monoisotopic (exact) mass is 423 g/mol. The van der Waals surface area contributed by atoms with Crippen molar-refractivity contribution in [2.75, 3.05) is 32.7 Å². The fourth-order valence-corrected chi connectivity index (χ4v) is 5.14. The molecule has 168 valence electrons. The van der Waals surface area contributed by atoms with Crippen molar-refractivity contribution in [1.29, 1.82) is 0 Å². The van der Waals surface area contributed by atoms with E-state index in [1.165, 1.54) is 31.4 Å². The Kier molecular flexibility index (Phi) is 7.57. The van der Waals surface area contributed by atoms with E-state index in [0.717, 1.165) is 63.4 Å². The maximum atomic E-state index is 4.95. The molecule has 0 spiro atoms. The van der Waals surface area contributed by atoms with Crippen molar-refractivity contribution in [3.63, 3.8) is 0 Å². The molecule has 0 radical (unpaired) electrons. The van der Waals surface area contributed by atoms with Gasteiger partial charge < -0.3 is 14.8 Å². The number of nitrogens with one attached hydrogen (secondary N) is 1. The number of nitrogens with zero attached hydrogens (tertiary/aromatic N) is 6. The Morgan fingerprint density at radius 1 is 1.16 bits per heavy atom. The Morgan fingerprint density at radius 2 is 2.03 bits per heavy atom. The summed E-state index contributed by atoms with van der Waals surface area (Å²) >= 11 is 0. The van der Waals surface area contributed by atoms with Crippen LogP contribution in [0.4, 0.5) is 0 Å². The van der Waals surface area contributed by atoms with Gasteiger partial charge in [0.2, 0.25) is 0 Å². The highest BCUT2D eigenvalue weighted by Crippen LogP contribution is 2.31. The molecule has 2 aliphatic heterocycles. The minimum absolute atomic E-state index is 0.692. The number of aryl methyl sites for hydroxylation is 1. The van der Waals surface area contributed by atoms with Crippen LogP contribution in [0.5, 0.6) is 0 Å². The summed E-state index contributed by atoms with van der Waals surface area (Å²) in [6, 6.07) is 11.6. The fraction of sp³-hybridized carbons (Fsp3) is 0.625. The summed E-state index contributed by atoms with van der Waals surface area (Å²) in [5, 5.41) is 11.7. The third-order valence-corrected chi connectivity index (χ3v) is 6.66. The number of aromatic nitrogens is 3. The van der Waals surface area contributed by atoms with Gasteiger partial charge in [-0.25, -0.2) is 0 Å². The second-order valence-electron chi connectivity index (χ2n) is 8.69. The molecule has 2 unspecified atom stereocenters. The number of aliphatic imine (C=N–C) groups is 1. The molecule has 1 aromatic heterocycles. The van der Waals surface area contributed by atoms with Gasteiger partial charge in [0.1, 0.15) is 12.2 Å². The van der Waals surface area contributed by atoms with Gasteiger partial charge in [0.05, 0.1) is 6.54 Å². The molecule has 2 saturated heterocycles. The maximum Gasteiger partial charge on any atom is 0.193 e. The van der Waals surface area contributed by atoms with Crippen molar-refractivity contribution in [3.05, 3.63) is 48.0 Å². The zero-order valence-corrected chi connectivity index (χ0v) is 19.1. The van der Waals surface area contributed by atoms with Gasteiger partial charge in [-0.1, -0.05) is 37.3 Å². The largest absolute Gasteiger partial charge is 0.357 e. The van der Waals surface area contributed by atoms with E-state index >= 15 is 0 Å². The number of fused-ring (bicyclic) bond motifs is 1. The van der Waals surface area contributed by atoms with Crippen molar-refractivity contribution < 1.29 is 0 Å². The summed E-state index contributed by atoms with van der Waals surface area (Å²) in [5.74, 6) is 2.81. The first kappa shape index (κ1) is 21.8. The smallest absolute Gasteiger partial charge is 0.193 e. The Morgan fingerprint density at radius 3 is 2.84 bits per heavy atom. The quantitative estimate of drug-likeness (QED) is 0.548. The number of rotatable bonds is 7. The Bertz CT molecular complexity index is 831. The minimum atomic E-state index is 0.692. The van der Waals surface area contributed by atoms with Gasteiger partial charge in [0.15, 0.2) is 5.96 Å². The molecule has 2 aliphatic rings. The van der Waals surface area contributed by atoms with Crippen LogP contribution in [-0.4, -0.2) is 69.3 Å². The van der Waals surface area contributed by atoms with Crippen LogP contribution >= 0.6 is 0 Å². The maximum absolute atomic E-state index is 4.95. The molecule has 7 nitrogen and oxygen atoms in total. The van der Waals surface area contributed by atoms with Gasteiger partial charge in [0, 0.05) is 45.2 Å². The highest BCUT2D eigenvalue weighted by atomic mass is 15.3. The van der Waals surface area contributed by atoms with Crippen LogP contribution in [0.1, 0.15) is 44.5 Å². The van der Waals surface area contributed by atoms with Gasteiger partial charge in [0.25, 0.3) is 0 Å². The van der Waals surface area contributed by atoms with Gasteiger partial charge >= 0.3 is 0 Å². The first-order valence-corrected chi connectivity index (χ1v) is 12.0. The topological polar surface area (TPSA) is 61.6 Å². The molecule has 1 N–H and O–H groups in total. The molecule has 0 amide bonds. The van der Waals surface area contributed by atoms with Gasteiger partial charge in [-0.15, -0.1) is 10.2 Å². The molecule has 0 saturated carbocycles. The minimum Gasteiger partial charge on any atom is -0.357 e. The Balaban J connectivity index is 1.37. The van der Waals surface area contributed by atoms with Crippen molar-refractivity contribution in [2.45, 2.75) is 58.7 Å². The zero-order valence-electron chi connectivity index (χ0n) is 19.1. The molecule has 1 aromatic carbocycles. The second-order valence-corrected chi connectivity index (χ2v) is 8.69. The molecule has 4 rings (SSSR count). The average Bonchev–Trinajstić information content (AvgIpc) is 3.26. The molecule has 2 atom stereocenters. The lowest BCUT2D eigenvalue weighted by molar-refractivity contribution is 0.0372. The third-order valence-electron chi connectivity index (χ3n) is 6.66. The normalized spacial score (nSPS) is 22.4. The van der Waals surface area contributed by atoms with Gasteiger partial charge in [-0.3, -0.25) is 9.89 Å². The highest BCUT2D eigenvalue weighted by Gasteiger charge is 2.36. The number of benzene rings is 1. The van der Waals surface area contributed by atoms with Crippen molar-refractivity contribution in [2.24, 2.45) is 10.9 Å². The van der Waals surface area contributed by atoms with Crippen LogP contribution in [0.25, 0.3) is 0 Å². The van der Waals surface area contributed by atoms with Crippen molar-refractivity contribution >= 4 is 5.96 Å². The number of hydrogen-bond donors (Lipinski definition) is 1. The van der Waals surface area contributed by atoms with E-state index in [-0.39, 0.29) is 0 Å². The number of likely N-dealkylation sites (tertiary alicyclic amines) is 2. The zero-order chi connectivity index (χ0) is 21.5. The fourth-order valence-electron chi connectivity index (χ4n) is 5.14. The summed E-state index contributed by atoms with van der Waals surface area (Å²) in [6.45, 7) is 11.2. The van der Waals surface area contributed by atoms with Crippen molar-refractivity contribution in [1.82, 2.24) is 29.9 Å². The molecule has 31 heavy (non-hydrogen) atoms. The van der Waals surface area contributed by atoms with E-state index < -0.39 is 0 Å². The highest BCUT2D eigenvalue weighted by molar-refractivity contribution is 5.80. The summed E-state index contributed by atoms with van der Waals surface area (Å²) < 4.78 is 2.11. The molecule has 2 aromatic rings. The Labute approximate surface area is 186 Å². The summed E-state index contributed by atoms with van der Waals surface area (Å²) in [5.41, 5.74) is 1.43. The van der Waals surface area contributed by atoms with Crippen LogP contribution in [0, 0.1) is 5.92 Å². The lowest BCUT2D eigenvalue weighted by atomic mass is 9.83. The third kappa shape index (κ3) is 5.45. The molecule has 3 heterocycles. The lowest BCUT2D eigenvalue weighted by Crippen LogP contribution is -2.56. The second kappa shape index (κ2) is 10.8. The first-order chi connectivity index (χ1) is 15.3. The van der Waals surface area contributed by atoms with Crippen LogP contribution in [-0.2, 0) is 19.5 Å². The van der Waals surface area contributed by atoms with Gasteiger partial charge in [-0.2, -0.15) is 0 Å². The van der Waals surface area contributed by atoms with Gasteiger partial charge in [-0.05, 0) is 44.2 Å². The van der Waals surface area contributed by atoms with Crippen molar-refractivity contribution in [3.8, 4) is 0 Å². The average molecular weight is 424 g/mol. The summed E-state index contributed by atoms with van der Waals surface area (Å²) in [6.07, 6.45) is 6.55. The molecule has 7 heteroatoms. The SMILES string of the molecule is CCNC(=NCCn1cnnc1CC)N1CCC2C(CCCN2Cc2ccccc2)C1. The number of piperidine rings is 2. The molecule has 0 aliphatic carbocycles. The number of guanidine groups is 1. The van der Waals surface area contributed by atoms with E-state index in [2.05, 4.69) is 74.1 Å². The standard InChI is InChI=1S/C24H37N7/c1-3-23-28-27-19-31(23)16-13-26-24(25-4-2)30-15-12-22-21(18-30)11-8-14-29(22)17-20-9-6-5-7-10-20/h5-7,9-10,19,21-22H,3-4,8,11-18H2,1-2H3,(H,25,26). The molecule has 0 bridgehead atoms. The van der Waals surface area contributed by atoms with E-state index in [1.807, 2.05) is 6.33 Å².